The summed E-state index contributed by atoms with van der Waals surface area (Å²) < 4.78 is 5.52. The molecule has 1 aromatic carbocycles. The van der Waals surface area contributed by atoms with Gasteiger partial charge in [-0.25, -0.2) is 0 Å². The third-order valence-corrected chi connectivity index (χ3v) is 3.02. The Morgan fingerprint density at radius 3 is 2.78 bits per heavy atom. The van der Waals surface area contributed by atoms with Gasteiger partial charge in [0, 0.05) is 37.5 Å². The van der Waals surface area contributed by atoms with Crippen LogP contribution in [0.4, 0.5) is 11.4 Å². The van der Waals surface area contributed by atoms with E-state index in [1.165, 1.54) is 12.1 Å². The first kappa shape index (κ1) is 12.8. The van der Waals surface area contributed by atoms with Gasteiger partial charge in [0.2, 0.25) is 0 Å². The zero-order valence-corrected chi connectivity index (χ0v) is 9.99. The Hall–Kier alpha value is -1.66. The highest BCUT2D eigenvalue weighted by molar-refractivity contribution is 5.51. The van der Waals surface area contributed by atoms with E-state index in [1.54, 1.807) is 12.1 Å². The van der Waals surface area contributed by atoms with E-state index < -0.39 is 4.92 Å². The summed E-state index contributed by atoms with van der Waals surface area (Å²) in [7, 11) is 0. The fraction of sp³-hybridized carbons (Fsp3) is 0.500. The van der Waals surface area contributed by atoms with Crippen LogP contribution in [0.1, 0.15) is 6.42 Å². The molecule has 1 aliphatic rings. The van der Waals surface area contributed by atoms with Gasteiger partial charge in [-0.2, -0.15) is 0 Å². The number of nitro groups is 1. The van der Waals surface area contributed by atoms with Crippen molar-refractivity contribution in [3.8, 4) is 0 Å². The number of nitro benzene ring substituents is 1. The summed E-state index contributed by atoms with van der Waals surface area (Å²) in [6, 6.07) is 6.51. The van der Waals surface area contributed by atoms with Gasteiger partial charge in [0.05, 0.1) is 17.6 Å². The number of aliphatic hydroxyl groups is 1. The summed E-state index contributed by atoms with van der Waals surface area (Å²) in [5.74, 6) is 0. The van der Waals surface area contributed by atoms with E-state index in [4.69, 9.17) is 9.84 Å². The van der Waals surface area contributed by atoms with E-state index in [2.05, 4.69) is 4.90 Å². The summed E-state index contributed by atoms with van der Waals surface area (Å²) in [6.45, 7) is 2.19. The van der Waals surface area contributed by atoms with Crippen LogP contribution in [0.5, 0.6) is 0 Å². The first-order chi connectivity index (χ1) is 8.70. The zero-order chi connectivity index (χ0) is 13.0. The fourth-order valence-corrected chi connectivity index (χ4v) is 2.06. The third kappa shape index (κ3) is 2.96. The Kier molecular flexibility index (Phi) is 4.11. The molecule has 0 amide bonds. The molecular formula is C12H16N2O4. The second-order valence-electron chi connectivity index (χ2n) is 4.22. The van der Waals surface area contributed by atoms with Crippen molar-refractivity contribution in [3.05, 3.63) is 34.4 Å². The molecule has 1 aliphatic heterocycles. The molecule has 18 heavy (non-hydrogen) atoms. The SMILES string of the molecule is O=[N+]([O-])c1ccc(N2CCOC(CCO)C2)cc1. The highest BCUT2D eigenvalue weighted by Crippen LogP contribution is 2.21. The van der Waals surface area contributed by atoms with Gasteiger partial charge in [0.15, 0.2) is 0 Å². The number of hydrogen-bond acceptors (Lipinski definition) is 5. The number of aliphatic hydroxyl groups excluding tert-OH is 1. The lowest BCUT2D eigenvalue weighted by atomic mass is 10.2. The van der Waals surface area contributed by atoms with Gasteiger partial charge in [0.1, 0.15) is 0 Å². The van der Waals surface area contributed by atoms with Gasteiger partial charge in [-0.1, -0.05) is 0 Å². The molecule has 1 unspecified atom stereocenters. The number of anilines is 1. The summed E-state index contributed by atoms with van der Waals surface area (Å²) in [5, 5.41) is 19.5. The molecule has 1 heterocycles. The number of non-ortho nitro benzene ring substituents is 1. The van der Waals surface area contributed by atoms with E-state index in [1.807, 2.05) is 0 Å². The van der Waals surface area contributed by atoms with E-state index in [0.717, 1.165) is 12.2 Å². The monoisotopic (exact) mass is 252 g/mol. The number of rotatable bonds is 4. The molecule has 1 N–H and O–H groups in total. The lowest BCUT2D eigenvalue weighted by Gasteiger charge is -2.34. The molecule has 0 saturated carbocycles. The highest BCUT2D eigenvalue weighted by Gasteiger charge is 2.20. The predicted molar refractivity (Wildman–Crippen MR) is 66.8 cm³/mol. The highest BCUT2D eigenvalue weighted by atomic mass is 16.6. The van der Waals surface area contributed by atoms with Gasteiger partial charge >= 0.3 is 0 Å². The Balaban J connectivity index is 2.04. The summed E-state index contributed by atoms with van der Waals surface area (Å²) in [6.07, 6.45) is 0.641. The number of morpholine rings is 1. The average molecular weight is 252 g/mol. The number of ether oxygens (including phenoxy) is 1. The molecule has 1 atom stereocenters. The van der Waals surface area contributed by atoms with Crippen LogP contribution < -0.4 is 4.90 Å². The number of nitrogens with zero attached hydrogens (tertiary/aromatic N) is 2. The Labute approximate surface area is 105 Å². The maximum absolute atomic E-state index is 10.6. The van der Waals surface area contributed by atoms with Gasteiger partial charge in [-0.3, -0.25) is 10.1 Å². The molecule has 6 nitrogen and oxygen atoms in total. The molecule has 6 heteroatoms. The van der Waals surface area contributed by atoms with Crippen LogP contribution >= 0.6 is 0 Å². The largest absolute Gasteiger partial charge is 0.396 e. The van der Waals surface area contributed by atoms with Gasteiger partial charge in [0.25, 0.3) is 5.69 Å². The van der Waals surface area contributed by atoms with E-state index >= 15 is 0 Å². The van der Waals surface area contributed by atoms with Crippen molar-refractivity contribution >= 4 is 11.4 Å². The molecule has 0 radical (unpaired) electrons. The molecule has 1 saturated heterocycles. The summed E-state index contributed by atoms with van der Waals surface area (Å²) in [4.78, 5) is 12.3. The maximum atomic E-state index is 10.6. The Bertz CT molecular complexity index is 405. The van der Waals surface area contributed by atoms with Crippen LogP contribution in [0.25, 0.3) is 0 Å². The van der Waals surface area contributed by atoms with Crippen molar-refractivity contribution < 1.29 is 14.8 Å². The lowest BCUT2D eigenvalue weighted by Crippen LogP contribution is -2.42. The smallest absolute Gasteiger partial charge is 0.269 e. The molecule has 0 aromatic heterocycles. The summed E-state index contributed by atoms with van der Waals surface area (Å²) >= 11 is 0. The molecule has 98 valence electrons. The lowest BCUT2D eigenvalue weighted by molar-refractivity contribution is -0.384. The topological polar surface area (TPSA) is 75.8 Å². The van der Waals surface area contributed by atoms with Gasteiger partial charge in [-0.05, 0) is 18.6 Å². The van der Waals surface area contributed by atoms with E-state index in [0.29, 0.717) is 19.6 Å². The number of benzene rings is 1. The molecule has 0 spiro atoms. The van der Waals surface area contributed by atoms with Crippen molar-refractivity contribution in [2.45, 2.75) is 12.5 Å². The quantitative estimate of drug-likeness (QED) is 0.643. The molecule has 0 bridgehead atoms. The fourth-order valence-electron chi connectivity index (χ4n) is 2.06. The van der Waals surface area contributed by atoms with Crippen LogP contribution in [0.3, 0.4) is 0 Å². The van der Waals surface area contributed by atoms with Crippen LogP contribution in [-0.4, -0.2) is 42.4 Å². The standard InChI is InChI=1S/C12H16N2O4/c15-7-5-12-9-13(6-8-18-12)10-1-3-11(4-2-10)14(16)17/h1-4,12,15H,5-9H2. The van der Waals surface area contributed by atoms with Crippen molar-refractivity contribution in [1.29, 1.82) is 0 Å². The first-order valence-electron chi connectivity index (χ1n) is 5.92. The minimum Gasteiger partial charge on any atom is -0.396 e. The van der Waals surface area contributed by atoms with Crippen molar-refractivity contribution in [2.75, 3.05) is 31.2 Å². The molecule has 1 aromatic rings. The Morgan fingerprint density at radius 2 is 2.17 bits per heavy atom. The van der Waals surface area contributed by atoms with Crippen molar-refractivity contribution in [2.24, 2.45) is 0 Å². The molecule has 0 aliphatic carbocycles. The van der Waals surface area contributed by atoms with Crippen molar-refractivity contribution in [1.82, 2.24) is 0 Å². The Morgan fingerprint density at radius 1 is 1.44 bits per heavy atom. The minimum absolute atomic E-state index is 0.0268. The average Bonchev–Trinajstić information content (AvgIpc) is 2.39. The van der Waals surface area contributed by atoms with E-state index in [-0.39, 0.29) is 18.4 Å². The van der Waals surface area contributed by atoms with Gasteiger partial charge < -0.3 is 14.7 Å². The number of hydrogen-bond donors (Lipinski definition) is 1. The normalized spacial score (nSPS) is 19.8. The van der Waals surface area contributed by atoms with Crippen molar-refractivity contribution in [3.63, 3.8) is 0 Å². The predicted octanol–water partition coefficient (Wildman–Crippen LogP) is 1.18. The minimum atomic E-state index is -0.405. The molecular weight excluding hydrogens is 236 g/mol. The summed E-state index contributed by atoms with van der Waals surface area (Å²) in [5.41, 5.74) is 1.05. The van der Waals surface area contributed by atoms with Crippen LogP contribution in [0, 0.1) is 10.1 Å². The first-order valence-corrected chi connectivity index (χ1v) is 5.92. The van der Waals surface area contributed by atoms with Crippen LogP contribution in [0.15, 0.2) is 24.3 Å². The second-order valence-corrected chi connectivity index (χ2v) is 4.22. The van der Waals surface area contributed by atoms with Crippen LogP contribution in [-0.2, 0) is 4.74 Å². The van der Waals surface area contributed by atoms with Gasteiger partial charge in [-0.15, -0.1) is 0 Å². The van der Waals surface area contributed by atoms with E-state index in [9.17, 15) is 10.1 Å². The third-order valence-electron chi connectivity index (χ3n) is 3.02. The molecule has 1 fully saturated rings. The maximum Gasteiger partial charge on any atom is 0.269 e. The second kappa shape index (κ2) is 5.79. The molecule has 2 rings (SSSR count). The zero-order valence-electron chi connectivity index (χ0n) is 9.99. The van der Waals surface area contributed by atoms with Crippen LogP contribution in [0.2, 0.25) is 0 Å².